The summed E-state index contributed by atoms with van der Waals surface area (Å²) in [6, 6.07) is 5.68. The maximum absolute atomic E-state index is 14.0. The molecule has 0 aliphatic heterocycles. The first-order valence-corrected chi connectivity index (χ1v) is 8.65. The molecule has 0 aliphatic rings. The number of rotatable bonds is 3. The number of nitrogens with zero attached hydrogens (tertiary/aromatic N) is 5. The van der Waals surface area contributed by atoms with Crippen LogP contribution in [0.15, 0.2) is 36.7 Å². The van der Waals surface area contributed by atoms with Crippen LogP contribution in [0.2, 0.25) is 5.15 Å². The normalized spacial score (nSPS) is 11.8. The molecule has 154 valence electrons. The minimum atomic E-state index is -4.75. The number of hydrogen-bond acceptors (Lipinski definition) is 6. The van der Waals surface area contributed by atoms with Gasteiger partial charge in [-0.25, -0.2) is 19.3 Å². The van der Waals surface area contributed by atoms with Crippen molar-refractivity contribution in [3.8, 4) is 28.1 Å². The van der Waals surface area contributed by atoms with Crippen molar-refractivity contribution in [1.29, 1.82) is 0 Å². The van der Waals surface area contributed by atoms with Gasteiger partial charge in [0, 0.05) is 5.56 Å². The molecule has 0 fully saturated rings. The first-order chi connectivity index (χ1) is 14.2. The summed E-state index contributed by atoms with van der Waals surface area (Å²) in [6.07, 6.45) is -3.58. The van der Waals surface area contributed by atoms with E-state index in [1.54, 1.807) is 0 Å². The third-order valence-electron chi connectivity index (χ3n) is 4.24. The minimum absolute atomic E-state index is 0.00543. The Labute approximate surface area is 171 Å². The number of aromatic nitrogens is 5. The maximum atomic E-state index is 14.0. The van der Waals surface area contributed by atoms with Crippen molar-refractivity contribution < 1.29 is 22.3 Å². The van der Waals surface area contributed by atoms with Crippen LogP contribution < -0.4 is 10.5 Å². The van der Waals surface area contributed by atoms with E-state index in [-0.39, 0.29) is 39.7 Å². The van der Waals surface area contributed by atoms with Crippen molar-refractivity contribution in [2.24, 2.45) is 0 Å². The van der Waals surface area contributed by atoms with Gasteiger partial charge in [-0.1, -0.05) is 11.6 Å². The van der Waals surface area contributed by atoms with Crippen LogP contribution in [0.3, 0.4) is 0 Å². The summed E-state index contributed by atoms with van der Waals surface area (Å²) in [4.78, 5) is 11.7. The molecule has 30 heavy (non-hydrogen) atoms. The van der Waals surface area contributed by atoms with Gasteiger partial charge in [0.25, 0.3) is 0 Å². The third kappa shape index (κ3) is 3.36. The second-order valence-electron chi connectivity index (χ2n) is 6.10. The molecule has 12 heteroatoms. The van der Waals surface area contributed by atoms with Crippen LogP contribution >= 0.6 is 11.6 Å². The zero-order valence-corrected chi connectivity index (χ0v) is 15.8. The summed E-state index contributed by atoms with van der Waals surface area (Å²) in [5, 5.41) is 3.54. The lowest BCUT2D eigenvalue weighted by molar-refractivity contribution is -0.141. The Morgan fingerprint density at radius 1 is 1.13 bits per heavy atom. The molecule has 0 atom stereocenters. The number of ether oxygens (including phenoxy) is 1. The smallest absolute Gasteiger partial charge is 0.433 e. The molecule has 0 aliphatic carbocycles. The molecule has 7 nitrogen and oxygen atoms in total. The molecule has 4 aromatic rings. The summed E-state index contributed by atoms with van der Waals surface area (Å²) >= 11 is 5.86. The van der Waals surface area contributed by atoms with Crippen LogP contribution in [0, 0.1) is 5.82 Å². The van der Waals surface area contributed by atoms with Crippen LogP contribution in [0.5, 0.6) is 5.75 Å². The SMILES string of the molecule is COc1ccc(F)cc1-c1nc(N)n2ncnc2c1-c1cc(Cl)nc(C(F)(F)F)c1. The molecule has 1 aromatic carbocycles. The molecule has 0 spiro atoms. The highest BCUT2D eigenvalue weighted by Gasteiger charge is 2.34. The summed E-state index contributed by atoms with van der Waals surface area (Å²) in [6.45, 7) is 0. The number of fused-ring (bicyclic) bond motifs is 1. The predicted molar refractivity (Wildman–Crippen MR) is 100 cm³/mol. The number of methoxy groups -OCH3 is 1. The Bertz CT molecular complexity index is 1270. The van der Waals surface area contributed by atoms with Gasteiger partial charge in [0.15, 0.2) is 5.65 Å². The zero-order chi connectivity index (χ0) is 21.6. The van der Waals surface area contributed by atoms with Crippen molar-refractivity contribution in [2.75, 3.05) is 12.8 Å². The van der Waals surface area contributed by atoms with Gasteiger partial charge in [-0.2, -0.15) is 22.8 Å². The number of nitrogens with two attached hydrogens (primary N) is 1. The molecular formula is C18H11ClF4N6O. The third-order valence-corrected chi connectivity index (χ3v) is 4.43. The molecule has 3 aromatic heterocycles. The van der Waals surface area contributed by atoms with Crippen LogP contribution in [0.25, 0.3) is 28.0 Å². The Kier molecular flexibility index (Phi) is 4.69. The van der Waals surface area contributed by atoms with Gasteiger partial charge in [0.2, 0.25) is 5.95 Å². The zero-order valence-electron chi connectivity index (χ0n) is 15.1. The monoisotopic (exact) mass is 438 g/mol. The number of benzene rings is 1. The van der Waals surface area contributed by atoms with E-state index in [2.05, 4.69) is 20.1 Å². The number of nitrogen functional groups attached to an aromatic ring is 1. The molecule has 0 unspecified atom stereocenters. The van der Waals surface area contributed by atoms with Crippen molar-refractivity contribution in [1.82, 2.24) is 24.6 Å². The largest absolute Gasteiger partial charge is 0.496 e. The highest BCUT2D eigenvalue weighted by atomic mass is 35.5. The summed E-state index contributed by atoms with van der Waals surface area (Å²) in [5.74, 6) is -0.490. The van der Waals surface area contributed by atoms with Crippen LogP contribution in [0.1, 0.15) is 5.69 Å². The lowest BCUT2D eigenvalue weighted by Crippen LogP contribution is -2.10. The van der Waals surface area contributed by atoms with Crippen LogP contribution in [-0.4, -0.2) is 31.7 Å². The van der Waals surface area contributed by atoms with Crippen LogP contribution in [0.4, 0.5) is 23.5 Å². The van der Waals surface area contributed by atoms with E-state index >= 15 is 0 Å². The minimum Gasteiger partial charge on any atom is -0.496 e. The maximum Gasteiger partial charge on any atom is 0.433 e. The number of pyridine rings is 1. The molecule has 0 amide bonds. The van der Waals surface area contributed by atoms with E-state index in [0.29, 0.717) is 0 Å². The fourth-order valence-corrected chi connectivity index (χ4v) is 3.22. The van der Waals surface area contributed by atoms with Gasteiger partial charge in [-0.3, -0.25) is 0 Å². The Morgan fingerprint density at radius 3 is 2.60 bits per heavy atom. The average Bonchev–Trinajstić information content (AvgIpc) is 3.17. The van der Waals surface area contributed by atoms with E-state index in [4.69, 9.17) is 22.1 Å². The number of anilines is 1. The fraction of sp³-hybridized carbons (Fsp3) is 0.111. The van der Waals surface area contributed by atoms with E-state index in [9.17, 15) is 17.6 Å². The predicted octanol–water partition coefficient (Wildman–Crippen LogP) is 4.26. The second-order valence-corrected chi connectivity index (χ2v) is 6.48. The van der Waals surface area contributed by atoms with Crippen LogP contribution in [-0.2, 0) is 6.18 Å². The summed E-state index contributed by atoms with van der Waals surface area (Å²) < 4.78 is 60.4. The van der Waals surface area contributed by atoms with E-state index < -0.39 is 22.8 Å². The van der Waals surface area contributed by atoms with E-state index in [0.717, 1.165) is 23.0 Å². The van der Waals surface area contributed by atoms with Crippen molar-refractivity contribution in [3.63, 3.8) is 0 Å². The molecule has 0 saturated heterocycles. The van der Waals surface area contributed by atoms with Gasteiger partial charge in [0.05, 0.1) is 18.4 Å². The second kappa shape index (κ2) is 7.10. The first-order valence-electron chi connectivity index (χ1n) is 8.27. The van der Waals surface area contributed by atoms with Gasteiger partial charge in [0.1, 0.15) is 28.7 Å². The summed E-state index contributed by atoms with van der Waals surface area (Å²) in [5.41, 5.74) is 5.12. The van der Waals surface area contributed by atoms with Crippen molar-refractivity contribution in [2.45, 2.75) is 6.18 Å². The lowest BCUT2D eigenvalue weighted by atomic mass is 9.99. The molecule has 2 N–H and O–H groups in total. The van der Waals surface area contributed by atoms with Gasteiger partial charge >= 0.3 is 6.18 Å². The first kappa shape index (κ1) is 19.8. The molecule has 4 rings (SSSR count). The molecule has 0 radical (unpaired) electrons. The van der Waals surface area contributed by atoms with E-state index in [1.807, 2.05) is 0 Å². The number of hydrogen-bond donors (Lipinski definition) is 1. The topological polar surface area (TPSA) is 91.2 Å². The van der Waals surface area contributed by atoms with Crippen molar-refractivity contribution in [3.05, 3.63) is 53.3 Å². The van der Waals surface area contributed by atoms with Gasteiger partial charge in [-0.05, 0) is 35.9 Å². The highest BCUT2D eigenvalue weighted by molar-refractivity contribution is 6.29. The Morgan fingerprint density at radius 2 is 1.90 bits per heavy atom. The van der Waals surface area contributed by atoms with Crippen molar-refractivity contribution >= 4 is 23.2 Å². The molecular weight excluding hydrogens is 428 g/mol. The molecule has 0 bridgehead atoms. The lowest BCUT2D eigenvalue weighted by Gasteiger charge is -2.16. The molecule has 3 heterocycles. The summed E-state index contributed by atoms with van der Waals surface area (Å²) in [7, 11) is 1.36. The number of alkyl halides is 3. The van der Waals surface area contributed by atoms with E-state index in [1.165, 1.54) is 25.3 Å². The highest BCUT2D eigenvalue weighted by Crippen LogP contribution is 2.41. The standard InChI is InChI=1S/C18H11ClF4N6O/c1-30-11-3-2-9(20)6-10(11)15-14(16-25-7-26-29(16)17(24)28-15)8-4-12(18(21,22)23)27-13(19)5-8/h2-7H,1H3,(H2,24,28). The average molecular weight is 439 g/mol. The fourth-order valence-electron chi connectivity index (χ4n) is 3.02. The number of halogens is 5. The van der Waals surface area contributed by atoms with Gasteiger partial charge in [-0.15, -0.1) is 0 Å². The Hall–Kier alpha value is -3.47. The Balaban J connectivity index is 2.12. The van der Waals surface area contributed by atoms with Gasteiger partial charge < -0.3 is 10.5 Å². The quantitative estimate of drug-likeness (QED) is 0.380. The molecule has 0 saturated carbocycles.